The second-order valence-electron chi connectivity index (χ2n) is 6.03. The molecule has 1 N–H and O–H groups in total. The predicted octanol–water partition coefficient (Wildman–Crippen LogP) is 2.47. The summed E-state index contributed by atoms with van der Waals surface area (Å²) in [5.41, 5.74) is 1.13. The van der Waals surface area contributed by atoms with Crippen LogP contribution >= 0.6 is 0 Å². The molecule has 0 spiro atoms. The molecule has 1 fully saturated rings. The molecular weight excluding hydrogens is 282 g/mol. The summed E-state index contributed by atoms with van der Waals surface area (Å²) in [6.45, 7) is 5.56. The Balaban J connectivity index is 1.99. The number of hydrogen-bond acceptors (Lipinski definition) is 3. The first-order chi connectivity index (χ1) is 10.4. The number of nitrogens with zero attached hydrogens (tertiary/aromatic N) is 1. The molecule has 2 atom stereocenters. The maximum absolute atomic E-state index is 12.6. The van der Waals surface area contributed by atoms with Gasteiger partial charge in [-0.15, -0.1) is 0 Å². The zero-order valence-corrected chi connectivity index (χ0v) is 13.3. The van der Waals surface area contributed by atoms with Crippen molar-refractivity contribution in [2.24, 2.45) is 5.92 Å². The van der Waals surface area contributed by atoms with Gasteiger partial charge in [0, 0.05) is 12.6 Å². The highest BCUT2D eigenvalue weighted by Gasteiger charge is 2.36. The highest BCUT2D eigenvalue weighted by Crippen LogP contribution is 2.29. The summed E-state index contributed by atoms with van der Waals surface area (Å²) in [6, 6.07) is 7.69. The number of carboxylic acids is 1. The minimum Gasteiger partial charge on any atom is -0.481 e. The number of aliphatic carboxylic acids is 1. The molecule has 5 nitrogen and oxygen atoms in total. The first-order valence-electron chi connectivity index (χ1n) is 7.65. The maximum atomic E-state index is 12.6. The van der Waals surface area contributed by atoms with Gasteiger partial charge in [-0.3, -0.25) is 9.59 Å². The van der Waals surface area contributed by atoms with Gasteiger partial charge in [-0.2, -0.15) is 0 Å². The Hall–Kier alpha value is -2.04. The number of carboxylic acid groups (broad SMARTS) is 1. The Morgan fingerprint density at radius 3 is 2.36 bits per heavy atom. The Bertz CT molecular complexity index is 536. The van der Waals surface area contributed by atoms with Crippen molar-refractivity contribution < 1.29 is 19.4 Å². The van der Waals surface area contributed by atoms with Gasteiger partial charge in [-0.1, -0.05) is 24.6 Å². The third kappa shape index (κ3) is 4.23. The summed E-state index contributed by atoms with van der Waals surface area (Å²) in [5.74, 6) is -0.952. The van der Waals surface area contributed by atoms with Crippen molar-refractivity contribution in [3.05, 3.63) is 29.8 Å². The number of benzene rings is 1. The molecule has 22 heavy (non-hydrogen) atoms. The lowest BCUT2D eigenvalue weighted by atomic mass is 10.1. The molecule has 1 amide bonds. The van der Waals surface area contributed by atoms with E-state index in [2.05, 4.69) is 0 Å². The molecule has 0 heterocycles. The van der Waals surface area contributed by atoms with Crippen molar-refractivity contribution in [2.75, 3.05) is 6.54 Å². The summed E-state index contributed by atoms with van der Waals surface area (Å²) in [4.78, 5) is 25.3. The number of carbonyl (C=O) groups excluding carboxylic acids is 1. The minimum atomic E-state index is -0.884. The SMILES string of the molecule is Cc1ccc(OC(C)C(=O)N(CC(C)C(=O)O)C2CC2)cc1. The number of amides is 1. The molecular formula is C17H23NO4. The molecule has 1 aromatic carbocycles. The molecule has 2 rings (SSSR count). The first kappa shape index (κ1) is 16.3. The highest BCUT2D eigenvalue weighted by molar-refractivity contribution is 5.82. The fourth-order valence-corrected chi connectivity index (χ4v) is 2.28. The number of rotatable bonds is 7. The second-order valence-corrected chi connectivity index (χ2v) is 6.03. The average Bonchev–Trinajstić information content (AvgIpc) is 3.30. The van der Waals surface area contributed by atoms with E-state index in [-0.39, 0.29) is 18.5 Å². The minimum absolute atomic E-state index is 0.142. The lowest BCUT2D eigenvalue weighted by Gasteiger charge is -2.27. The molecule has 1 saturated carbocycles. The molecule has 0 saturated heterocycles. The van der Waals surface area contributed by atoms with Crippen LogP contribution in [0.5, 0.6) is 5.75 Å². The molecule has 0 bridgehead atoms. The van der Waals surface area contributed by atoms with E-state index < -0.39 is 18.0 Å². The van der Waals surface area contributed by atoms with Crippen LogP contribution in [0.4, 0.5) is 0 Å². The molecule has 0 radical (unpaired) electrons. The second kappa shape index (κ2) is 6.81. The van der Waals surface area contributed by atoms with Crippen molar-refractivity contribution in [3.8, 4) is 5.75 Å². The van der Waals surface area contributed by atoms with Gasteiger partial charge in [0.1, 0.15) is 5.75 Å². The van der Waals surface area contributed by atoms with Crippen LogP contribution in [0.15, 0.2) is 24.3 Å². The van der Waals surface area contributed by atoms with Crippen molar-refractivity contribution >= 4 is 11.9 Å². The molecule has 1 aliphatic carbocycles. The molecule has 0 aliphatic heterocycles. The molecule has 2 unspecified atom stereocenters. The average molecular weight is 305 g/mol. The number of ether oxygens (including phenoxy) is 1. The first-order valence-corrected chi connectivity index (χ1v) is 7.65. The van der Waals surface area contributed by atoms with Crippen LogP contribution < -0.4 is 4.74 Å². The van der Waals surface area contributed by atoms with Crippen molar-refractivity contribution in [1.82, 2.24) is 4.90 Å². The Kier molecular flexibility index (Phi) is 5.06. The summed E-state index contributed by atoms with van der Waals surface area (Å²) >= 11 is 0. The lowest BCUT2D eigenvalue weighted by Crippen LogP contribution is -2.45. The Labute approximate surface area is 130 Å². The van der Waals surface area contributed by atoms with Crippen LogP contribution in [0.3, 0.4) is 0 Å². The van der Waals surface area contributed by atoms with Crippen LogP contribution in [0, 0.1) is 12.8 Å². The third-order valence-electron chi connectivity index (χ3n) is 3.84. The molecule has 120 valence electrons. The lowest BCUT2D eigenvalue weighted by molar-refractivity contribution is -0.145. The maximum Gasteiger partial charge on any atom is 0.308 e. The molecule has 1 aromatic rings. The number of aryl methyl sites for hydroxylation is 1. The van der Waals surface area contributed by atoms with E-state index in [0.717, 1.165) is 18.4 Å². The fourth-order valence-electron chi connectivity index (χ4n) is 2.28. The van der Waals surface area contributed by atoms with Gasteiger partial charge in [0.05, 0.1) is 5.92 Å². The summed E-state index contributed by atoms with van der Waals surface area (Å²) < 4.78 is 5.69. The van der Waals surface area contributed by atoms with Gasteiger partial charge in [0.15, 0.2) is 6.10 Å². The van der Waals surface area contributed by atoms with Gasteiger partial charge < -0.3 is 14.7 Å². The molecule has 0 aromatic heterocycles. The van der Waals surface area contributed by atoms with Crippen LogP contribution in [0.25, 0.3) is 0 Å². The highest BCUT2D eigenvalue weighted by atomic mass is 16.5. The smallest absolute Gasteiger partial charge is 0.308 e. The number of carbonyl (C=O) groups is 2. The monoisotopic (exact) mass is 305 g/mol. The predicted molar refractivity (Wildman–Crippen MR) is 82.8 cm³/mol. The Morgan fingerprint density at radius 2 is 1.86 bits per heavy atom. The van der Waals surface area contributed by atoms with Crippen LogP contribution in [0.2, 0.25) is 0 Å². The van der Waals surface area contributed by atoms with E-state index in [4.69, 9.17) is 9.84 Å². The quantitative estimate of drug-likeness (QED) is 0.840. The molecule has 1 aliphatic rings. The van der Waals surface area contributed by atoms with Crippen molar-refractivity contribution in [1.29, 1.82) is 0 Å². The fraction of sp³-hybridized carbons (Fsp3) is 0.529. The largest absolute Gasteiger partial charge is 0.481 e. The van der Waals surface area contributed by atoms with E-state index in [9.17, 15) is 9.59 Å². The van der Waals surface area contributed by atoms with Crippen LogP contribution in [-0.2, 0) is 9.59 Å². The zero-order valence-electron chi connectivity index (χ0n) is 13.3. The van der Waals surface area contributed by atoms with E-state index in [0.29, 0.717) is 5.75 Å². The van der Waals surface area contributed by atoms with Gasteiger partial charge in [0.2, 0.25) is 0 Å². The standard InChI is InChI=1S/C17H23NO4/c1-11-4-8-15(9-5-11)22-13(3)16(19)18(14-6-7-14)10-12(2)17(20)21/h4-5,8-9,12-14H,6-7,10H2,1-3H3,(H,20,21). The van der Waals surface area contributed by atoms with Gasteiger partial charge >= 0.3 is 5.97 Å². The summed E-state index contributed by atoms with van der Waals surface area (Å²) in [5, 5.41) is 9.05. The van der Waals surface area contributed by atoms with E-state index in [1.54, 1.807) is 18.7 Å². The molecule has 5 heteroatoms. The van der Waals surface area contributed by atoms with Crippen molar-refractivity contribution in [3.63, 3.8) is 0 Å². The van der Waals surface area contributed by atoms with E-state index in [1.807, 2.05) is 31.2 Å². The van der Waals surface area contributed by atoms with Crippen LogP contribution in [-0.4, -0.2) is 40.6 Å². The van der Waals surface area contributed by atoms with E-state index >= 15 is 0 Å². The normalized spacial score (nSPS) is 16.7. The summed E-state index contributed by atoms with van der Waals surface area (Å²) in [7, 11) is 0. The Morgan fingerprint density at radius 1 is 1.27 bits per heavy atom. The van der Waals surface area contributed by atoms with Crippen molar-refractivity contribution in [2.45, 2.75) is 45.8 Å². The van der Waals surface area contributed by atoms with Gasteiger partial charge in [0.25, 0.3) is 5.91 Å². The third-order valence-corrected chi connectivity index (χ3v) is 3.84. The number of hydrogen-bond donors (Lipinski definition) is 1. The summed E-state index contributed by atoms with van der Waals surface area (Å²) in [6.07, 6.45) is 1.26. The van der Waals surface area contributed by atoms with Gasteiger partial charge in [-0.25, -0.2) is 0 Å². The van der Waals surface area contributed by atoms with Crippen LogP contribution in [0.1, 0.15) is 32.3 Å². The topological polar surface area (TPSA) is 66.8 Å². The zero-order chi connectivity index (χ0) is 16.3. The van der Waals surface area contributed by atoms with E-state index in [1.165, 1.54) is 0 Å². The van der Waals surface area contributed by atoms with Gasteiger partial charge in [-0.05, 0) is 38.8 Å².